The number of hydrogen-bond donors (Lipinski definition) is 2. The molecule has 7 nitrogen and oxygen atoms in total. The Balaban J connectivity index is 2.14. The molecule has 2 N–H and O–H groups in total. The third kappa shape index (κ3) is 3.17. The summed E-state index contributed by atoms with van der Waals surface area (Å²) in [5, 5.41) is 13.2. The molecule has 7 heteroatoms. The van der Waals surface area contributed by atoms with Crippen LogP contribution in [0.5, 0.6) is 0 Å². The summed E-state index contributed by atoms with van der Waals surface area (Å²) in [5.41, 5.74) is 3.18. The molecule has 0 saturated heterocycles. The van der Waals surface area contributed by atoms with Crippen LogP contribution >= 0.6 is 0 Å². The van der Waals surface area contributed by atoms with E-state index in [1.54, 1.807) is 19.9 Å². The number of aliphatic carboxylic acids is 1. The minimum atomic E-state index is -1.11. The summed E-state index contributed by atoms with van der Waals surface area (Å²) in [4.78, 5) is 36.0. The largest absolute Gasteiger partial charge is 0.480 e. The predicted molar refractivity (Wildman–Crippen MR) is 105 cm³/mol. The Morgan fingerprint density at radius 3 is 2.39 bits per heavy atom. The average molecular weight is 385 g/mol. The molecule has 2 heterocycles. The number of carbonyl (C=O) groups is 2. The Labute approximate surface area is 161 Å². The molecule has 0 aliphatic carbocycles. The fraction of sp³-hybridized carbons (Fsp3) is 0.381. The summed E-state index contributed by atoms with van der Waals surface area (Å²) in [7, 11) is 0. The van der Waals surface area contributed by atoms with Gasteiger partial charge in [-0.05, 0) is 56.9 Å². The molecule has 0 bridgehead atoms. The third-order valence-corrected chi connectivity index (χ3v) is 5.26. The van der Waals surface area contributed by atoms with Crippen LogP contribution in [-0.4, -0.2) is 23.0 Å². The van der Waals surface area contributed by atoms with Crippen molar-refractivity contribution in [3.05, 3.63) is 44.5 Å². The highest BCUT2D eigenvalue weighted by Gasteiger charge is 2.23. The number of amides is 1. The molecule has 1 amide bonds. The molecule has 1 aromatic carbocycles. The first kappa shape index (κ1) is 19.7. The SMILES string of the molecule is CCC(NC(=O)Cc1c(C)c2c(cc(C)c3c(C)c(C)oc32)oc1=O)C(=O)O. The van der Waals surface area contributed by atoms with Crippen molar-refractivity contribution < 1.29 is 23.5 Å². The molecule has 0 radical (unpaired) electrons. The maximum atomic E-state index is 12.5. The Kier molecular flexibility index (Phi) is 5.02. The zero-order chi connectivity index (χ0) is 20.7. The van der Waals surface area contributed by atoms with Crippen molar-refractivity contribution in [2.75, 3.05) is 0 Å². The highest BCUT2D eigenvalue weighted by molar-refractivity contribution is 6.07. The van der Waals surface area contributed by atoms with Crippen LogP contribution in [-0.2, 0) is 16.0 Å². The number of nitrogens with one attached hydrogen (secondary N) is 1. The van der Waals surface area contributed by atoms with Crippen LogP contribution in [0, 0.1) is 27.7 Å². The van der Waals surface area contributed by atoms with Crippen LogP contribution in [0.4, 0.5) is 0 Å². The third-order valence-electron chi connectivity index (χ3n) is 5.26. The number of benzene rings is 1. The molecule has 0 fully saturated rings. The zero-order valence-electron chi connectivity index (χ0n) is 16.6. The topological polar surface area (TPSA) is 110 Å². The van der Waals surface area contributed by atoms with Crippen molar-refractivity contribution in [3.8, 4) is 0 Å². The van der Waals surface area contributed by atoms with Gasteiger partial charge >= 0.3 is 11.6 Å². The minimum Gasteiger partial charge on any atom is -0.480 e. The van der Waals surface area contributed by atoms with E-state index in [4.69, 9.17) is 13.9 Å². The quantitative estimate of drug-likeness (QED) is 0.652. The van der Waals surface area contributed by atoms with Crippen LogP contribution < -0.4 is 10.9 Å². The van der Waals surface area contributed by atoms with Crippen molar-refractivity contribution >= 4 is 33.8 Å². The average Bonchev–Trinajstić information content (AvgIpc) is 2.91. The Morgan fingerprint density at radius 1 is 1.11 bits per heavy atom. The molecule has 3 rings (SSSR count). The first-order valence-corrected chi connectivity index (χ1v) is 9.13. The Hall–Kier alpha value is -3.09. The Morgan fingerprint density at radius 2 is 1.79 bits per heavy atom. The van der Waals surface area contributed by atoms with E-state index in [1.807, 2.05) is 20.8 Å². The number of carboxylic acid groups (broad SMARTS) is 1. The van der Waals surface area contributed by atoms with E-state index >= 15 is 0 Å². The summed E-state index contributed by atoms with van der Waals surface area (Å²) in [6, 6.07) is 0.806. The van der Waals surface area contributed by atoms with Gasteiger partial charge in [0.25, 0.3) is 0 Å². The maximum absolute atomic E-state index is 12.5. The fourth-order valence-corrected chi connectivity index (χ4v) is 3.58. The second kappa shape index (κ2) is 7.14. The summed E-state index contributed by atoms with van der Waals surface area (Å²) < 4.78 is 11.4. The lowest BCUT2D eigenvalue weighted by Crippen LogP contribution is -2.41. The lowest BCUT2D eigenvalue weighted by atomic mass is 9.98. The van der Waals surface area contributed by atoms with Crippen molar-refractivity contribution in [2.45, 2.75) is 53.5 Å². The maximum Gasteiger partial charge on any atom is 0.340 e. The van der Waals surface area contributed by atoms with Crippen LogP contribution in [0.15, 0.2) is 19.7 Å². The van der Waals surface area contributed by atoms with Gasteiger partial charge in [-0.15, -0.1) is 0 Å². The first-order valence-electron chi connectivity index (χ1n) is 9.13. The summed E-state index contributed by atoms with van der Waals surface area (Å²) in [6.45, 7) is 9.19. The van der Waals surface area contributed by atoms with Crippen molar-refractivity contribution in [1.29, 1.82) is 0 Å². The molecule has 0 saturated carbocycles. The van der Waals surface area contributed by atoms with Gasteiger partial charge in [-0.2, -0.15) is 0 Å². The van der Waals surface area contributed by atoms with Crippen molar-refractivity contribution in [2.24, 2.45) is 0 Å². The highest BCUT2D eigenvalue weighted by Crippen LogP contribution is 2.36. The van der Waals surface area contributed by atoms with Crippen LogP contribution in [0.2, 0.25) is 0 Å². The van der Waals surface area contributed by atoms with Crippen molar-refractivity contribution in [3.63, 3.8) is 0 Å². The molecule has 3 aromatic rings. The molecule has 28 heavy (non-hydrogen) atoms. The summed E-state index contributed by atoms with van der Waals surface area (Å²) in [6.07, 6.45) is -0.0147. The lowest BCUT2D eigenvalue weighted by molar-refractivity contribution is -0.141. The molecular formula is C21H23NO6. The molecule has 148 valence electrons. The number of rotatable bonds is 5. The normalized spacial score (nSPS) is 12.5. The van der Waals surface area contributed by atoms with Crippen LogP contribution in [0.1, 0.15) is 41.4 Å². The molecule has 1 unspecified atom stereocenters. The van der Waals surface area contributed by atoms with E-state index in [-0.39, 0.29) is 18.4 Å². The smallest absolute Gasteiger partial charge is 0.340 e. The molecular weight excluding hydrogens is 362 g/mol. The van der Waals surface area contributed by atoms with Gasteiger partial charge in [-0.3, -0.25) is 4.79 Å². The second-order valence-corrected chi connectivity index (χ2v) is 7.09. The van der Waals surface area contributed by atoms with Gasteiger partial charge in [-0.25, -0.2) is 9.59 Å². The Bertz CT molecular complexity index is 1170. The van der Waals surface area contributed by atoms with Gasteiger partial charge < -0.3 is 19.3 Å². The molecule has 0 aliphatic heterocycles. The van der Waals surface area contributed by atoms with Gasteiger partial charge in [0.2, 0.25) is 5.91 Å². The van der Waals surface area contributed by atoms with E-state index in [0.717, 1.165) is 22.3 Å². The number of carboxylic acids is 1. The van der Waals surface area contributed by atoms with E-state index < -0.39 is 23.5 Å². The molecule has 2 aromatic heterocycles. The zero-order valence-corrected chi connectivity index (χ0v) is 16.6. The second-order valence-electron chi connectivity index (χ2n) is 7.09. The molecule has 0 spiro atoms. The minimum absolute atomic E-state index is 0.196. The van der Waals surface area contributed by atoms with Gasteiger partial charge in [0.1, 0.15) is 23.0 Å². The number of fused-ring (bicyclic) bond motifs is 3. The molecule has 0 aliphatic rings. The van der Waals surface area contributed by atoms with E-state index in [2.05, 4.69) is 5.32 Å². The number of furan rings is 1. The van der Waals surface area contributed by atoms with Crippen molar-refractivity contribution in [1.82, 2.24) is 5.32 Å². The van der Waals surface area contributed by atoms with Crippen LogP contribution in [0.25, 0.3) is 21.9 Å². The fourth-order valence-electron chi connectivity index (χ4n) is 3.58. The number of hydrogen-bond acceptors (Lipinski definition) is 5. The first-order chi connectivity index (χ1) is 13.1. The number of carbonyl (C=O) groups excluding carboxylic acids is 1. The standard InChI is InChI=1S/C21H23NO6/c1-6-14(20(24)25)22-16(23)8-13-11(4)18-15(28-21(13)26)7-9(2)17-10(3)12(5)27-19(17)18/h7,14H,6,8H2,1-5H3,(H,22,23)(H,24,25). The molecule has 1 atom stereocenters. The van der Waals surface area contributed by atoms with Gasteiger partial charge in [0.05, 0.1) is 17.4 Å². The summed E-state index contributed by atoms with van der Waals surface area (Å²) in [5.74, 6) is -0.876. The predicted octanol–water partition coefficient (Wildman–Crippen LogP) is 3.29. The van der Waals surface area contributed by atoms with Gasteiger partial charge in [0.15, 0.2) is 0 Å². The summed E-state index contributed by atoms with van der Waals surface area (Å²) >= 11 is 0. The van der Waals surface area contributed by atoms with E-state index in [9.17, 15) is 14.4 Å². The van der Waals surface area contributed by atoms with Gasteiger partial charge in [-0.1, -0.05) is 6.92 Å². The van der Waals surface area contributed by atoms with E-state index in [0.29, 0.717) is 22.1 Å². The van der Waals surface area contributed by atoms with Gasteiger partial charge in [0, 0.05) is 5.39 Å². The number of aryl methyl sites for hydroxylation is 4. The highest BCUT2D eigenvalue weighted by atomic mass is 16.4. The van der Waals surface area contributed by atoms with E-state index in [1.165, 1.54) is 0 Å². The lowest BCUT2D eigenvalue weighted by Gasteiger charge is -2.13. The monoisotopic (exact) mass is 385 g/mol. The van der Waals surface area contributed by atoms with Crippen LogP contribution in [0.3, 0.4) is 0 Å².